The Morgan fingerprint density at radius 2 is 1.96 bits per heavy atom. The standard InChI is InChI=1S/C18H23F3N2O2S/c19-18(20,21)16-5-4-14(9-22-16)13-2-1-3-15(8-13)23-7-6-17(10-23)11-26(24,25)12-17/h4-5,9,13,15H,1-3,6-8,10-12H2/t13-,15+/m1/s1. The van der Waals surface area contributed by atoms with Gasteiger partial charge in [0.15, 0.2) is 9.84 Å². The van der Waals surface area contributed by atoms with E-state index in [0.29, 0.717) is 17.5 Å². The molecule has 0 unspecified atom stereocenters. The molecule has 2 atom stereocenters. The first kappa shape index (κ1) is 18.2. The Morgan fingerprint density at radius 1 is 1.19 bits per heavy atom. The topological polar surface area (TPSA) is 50.3 Å². The first-order chi connectivity index (χ1) is 12.2. The van der Waals surface area contributed by atoms with Crippen LogP contribution in [-0.2, 0) is 16.0 Å². The number of alkyl halides is 3. The van der Waals surface area contributed by atoms with Crippen molar-refractivity contribution in [2.24, 2.45) is 5.41 Å². The lowest BCUT2D eigenvalue weighted by Gasteiger charge is -2.40. The highest BCUT2D eigenvalue weighted by Crippen LogP contribution is 2.44. The molecule has 4 nitrogen and oxygen atoms in total. The molecule has 144 valence electrons. The third-order valence-corrected chi connectivity index (χ3v) is 8.34. The Kier molecular flexibility index (Phi) is 4.34. The average molecular weight is 388 g/mol. The number of rotatable bonds is 2. The number of aromatic nitrogens is 1. The van der Waals surface area contributed by atoms with E-state index in [0.717, 1.165) is 56.8 Å². The quantitative estimate of drug-likeness (QED) is 0.781. The van der Waals surface area contributed by atoms with Gasteiger partial charge < -0.3 is 0 Å². The van der Waals surface area contributed by atoms with Gasteiger partial charge in [-0.3, -0.25) is 9.88 Å². The second-order valence-corrected chi connectivity index (χ2v) is 10.3. The molecule has 0 N–H and O–H groups in total. The Balaban J connectivity index is 1.40. The number of sulfone groups is 1. The average Bonchev–Trinajstić information content (AvgIpc) is 2.98. The maximum Gasteiger partial charge on any atom is 0.433 e. The van der Waals surface area contributed by atoms with Gasteiger partial charge >= 0.3 is 6.18 Å². The third-order valence-electron chi connectivity index (χ3n) is 6.23. The molecule has 4 rings (SSSR count). The fourth-order valence-corrected chi connectivity index (χ4v) is 7.27. The van der Waals surface area contributed by atoms with Crippen LogP contribution in [-0.4, -0.2) is 48.9 Å². The smallest absolute Gasteiger partial charge is 0.300 e. The summed E-state index contributed by atoms with van der Waals surface area (Å²) in [5.41, 5.74) is -0.00840. The molecule has 1 spiro atoms. The Morgan fingerprint density at radius 3 is 2.58 bits per heavy atom. The maximum absolute atomic E-state index is 12.7. The summed E-state index contributed by atoms with van der Waals surface area (Å²) in [7, 11) is -2.82. The van der Waals surface area contributed by atoms with Gasteiger partial charge in [0.25, 0.3) is 0 Å². The second-order valence-electron chi connectivity index (χ2n) is 8.24. The van der Waals surface area contributed by atoms with Crippen molar-refractivity contribution in [1.82, 2.24) is 9.88 Å². The molecule has 2 saturated heterocycles. The lowest BCUT2D eigenvalue weighted by atomic mass is 9.81. The van der Waals surface area contributed by atoms with Crippen LogP contribution in [0.3, 0.4) is 0 Å². The SMILES string of the molecule is O=S1(=O)CC2(CCN([C@H]3CCC[C@@H](c4ccc(C(F)(F)F)nc4)C3)C2)C1. The molecular weight excluding hydrogens is 365 g/mol. The molecule has 0 radical (unpaired) electrons. The van der Waals surface area contributed by atoms with Crippen LogP contribution in [0.4, 0.5) is 13.2 Å². The van der Waals surface area contributed by atoms with Crippen molar-refractivity contribution in [3.63, 3.8) is 0 Å². The molecular formula is C18H23F3N2O2S. The van der Waals surface area contributed by atoms with Gasteiger partial charge in [0.05, 0.1) is 11.5 Å². The number of nitrogens with zero attached hydrogens (tertiary/aromatic N) is 2. The summed E-state index contributed by atoms with van der Waals surface area (Å²) < 4.78 is 61.2. The Hall–Kier alpha value is -1.15. The number of halogens is 3. The molecule has 0 aromatic carbocycles. The molecule has 1 aromatic rings. The molecule has 26 heavy (non-hydrogen) atoms. The minimum absolute atomic E-state index is 0.0400. The fraction of sp³-hybridized carbons (Fsp3) is 0.722. The van der Waals surface area contributed by atoms with Crippen LogP contribution in [0.25, 0.3) is 0 Å². The van der Waals surface area contributed by atoms with E-state index in [4.69, 9.17) is 0 Å². The van der Waals surface area contributed by atoms with Crippen molar-refractivity contribution in [3.8, 4) is 0 Å². The van der Waals surface area contributed by atoms with Crippen molar-refractivity contribution in [2.75, 3.05) is 24.6 Å². The van der Waals surface area contributed by atoms with Crippen LogP contribution in [0, 0.1) is 5.41 Å². The predicted octanol–water partition coefficient (Wildman–Crippen LogP) is 3.25. The van der Waals surface area contributed by atoms with E-state index in [9.17, 15) is 21.6 Å². The molecule has 0 amide bonds. The third kappa shape index (κ3) is 3.50. The summed E-state index contributed by atoms with van der Waals surface area (Å²) >= 11 is 0. The summed E-state index contributed by atoms with van der Waals surface area (Å²) in [6.07, 6.45) is 1.91. The van der Waals surface area contributed by atoms with Crippen molar-refractivity contribution in [2.45, 2.75) is 50.2 Å². The van der Waals surface area contributed by atoms with Crippen LogP contribution in [0.1, 0.15) is 49.3 Å². The molecule has 3 heterocycles. The van der Waals surface area contributed by atoms with Crippen LogP contribution < -0.4 is 0 Å². The van der Waals surface area contributed by atoms with Crippen molar-refractivity contribution in [1.29, 1.82) is 0 Å². The second kappa shape index (κ2) is 6.19. The lowest BCUT2D eigenvalue weighted by Crippen LogP contribution is -2.51. The predicted molar refractivity (Wildman–Crippen MR) is 91.5 cm³/mol. The minimum atomic E-state index is -4.40. The van der Waals surface area contributed by atoms with Gasteiger partial charge in [-0.15, -0.1) is 0 Å². The van der Waals surface area contributed by atoms with Gasteiger partial charge in [-0.25, -0.2) is 8.42 Å². The number of hydrogen-bond donors (Lipinski definition) is 0. The zero-order chi connectivity index (χ0) is 18.6. The first-order valence-corrected chi connectivity index (χ1v) is 11.0. The van der Waals surface area contributed by atoms with E-state index in [-0.39, 0.29) is 11.3 Å². The molecule has 3 aliphatic rings. The number of hydrogen-bond acceptors (Lipinski definition) is 4. The largest absolute Gasteiger partial charge is 0.433 e. The highest BCUT2D eigenvalue weighted by atomic mass is 32.2. The van der Waals surface area contributed by atoms with E-state index in [1.165, 1.54) is 6.20 Å². The van der Waals surface area contributed by atoms with E-state index >= 15 is 0 Å². The van der Waals surface area contributed by atoms with E-state index in [1.807, 2.05) is 0 Å². The van der Waals surface area contributed by atoms with Crippen molar-refractivity contribution < 1.29 is 21.6 Å². The van der Waals surface area contributed by atoms with Crippen LogP contribution in [0.15, 0.2) is 18.3 Å². The summed E-state index contributed by atoms with van der Waals surface area (Å²) in [4.78, 5) is 6.02. The summed E-state index contributed by atoms with van der Waals surface area (Å²) in [5, 5.41) is 0. The highest BCUT2D eigenvalue weighted by Gasteiger charge is 2.53. The van der Waals surface area contributed by atoms with E-state index < -0.39 is 21.7 Å². The highest BCUT2D eigenvalue weighted by molar-refractivity contribution is 7.92. The molecule has 1 aromatic heterocycles. The molecule has 8 heteroatoms. The summed E-state index contributed by atoms with van der Waals surface area (Å²) in [6, 6.07) is 3.02. The van der Waals surface area contributed by atoms with Gasteiger partial charge in [-0.2, -0.15) is 13.2 Å². The van der Waals surface area contributed by atoms with Crippen LogP contribution >= 0.6 is 0 Å². The molecule has 3 fully saturated rings. The van der Waals surface area contributed by atoms with Crippen LogP contribution in [0.2, 0.25) is 0 Å². The molecule has 0 bridgehead atoms. The Bertz CT molecular complexity index is 765. The van der Waals surface area contributed by atoms with Gasteiger partial charge in [-0.05, 0) is 49.8 Å². The molecule has 2 aliphatic heterocycles. The first-order valence-electron chi connectivity index (χ1n) is 9.14. The normalized spacial score (nSPS) is 31.0. The van der Waals surface area contributed by atoms with Gasteiger partial charge in [0, 0.05) is 24.2 Å². The van der Waals surface area contributed by atoms with Crippen LogP contribution in [0.5, 0.6) is 0 Å². The summed E-state index contributed by atoms with van der Waals surface area (Å²) in [5.74, 6) is 0.857. The molecule has 1 saturated carbocycles. The fourth-order valence-electron chi connectivity index (χ4n) is 5.02. The number of likely N-dealkylation sites (tertiary alicyclic amines) is 1. The molecule has 1 aliphatic carbocycles. The monoisotopic (exact) mass is 388 g/mol. The lowest BCUT2D eigenvalue weighted by molar-refractivity contribution is -0.141. The zero-order valence-corrected chi connectivity index (χ0v) is 15.3. The Labute approximate surface area is 151 Å². The maximum atomic E-state index is 12.7. The van der Waals surface area contributed by atoms with Crippen molar-refractivity contribution in [3.05, 3.63) is 29.6 Å². The van der Waals surface area contributed by atoms with Gasteiger partial charge in [-0.1, -0.05) is 12.5 Å². The zero-order valence-electron chi connectivity index (χ0n) is 14.5. The van der Waals surface area contributed by atoms with E-state index in [1.54, 1.807) is 6.07 Å². The van der Waals surface area contributed by atoms with Gasteiger partial charge in [0.2, 0.25) is 0 Å². The van der Waals surface area contributed by atoms with Gasteiger partial charge in [0.1, 0.15) is 5.69 Å². The van der Waals surface area contributed by atoms with Crippen molar-refractivity contribution >= 4 is 9.84 Å². The summed E-state index contributed by atoms with van der Waals surface area (Å²) in [6.45, 7) is 1.77. The number of pyridine rings is 1. The van der Waals surface area contributed by atoms with E-state index in [2.05, 4.69) is 9.88 Å². The minimum Gasteiger partial charge on any atom is -0.300 e.